The lowest BCUT2D eigenvalue weighted by Crippen LogP contribution is -2.42. The third-order valence-electron chi connectivity index (χ3n) is 3.83. The van der Waals surface area contributed by atoms with Crippen molar-refractivity contribution in [3.63, 3.8) is 0 Å². The van der Waals surface area contributed by atoms with Crippen LogP contribution in [0.3, 0.4) is 0 Å². The first kappa shape index (κ1) is 14.8. The maximum Gasteiger partial charge on any atom is 0.260 e. The summed E-state index contributed by atoms with van der Waals surface area (Å²) in [6, 6.07) is 14.4. The van der Waals surface area contributed by atoms with Gasteiger partial charge >= 0.3 is 0 Å². The fourth-order valence-corrected chi connectivity index (χ4v) is 2.67. The molecule has 7 nitrogen and oxygen atoms in total. The Balaban J connectivity index is 2.00. The van der Waals surface area contributed by atoms with E-state index in [1.165, 1.54) is 5.01 Å². The number of nitrogens with one attached hydrogen (secondary N) is 2. The third-order valence-corrected chi connectivity index (χ3v) is 3.83. The molecule has 3 aromatic rings. The van der Waals surface area contributed by atoms with Crippen LogP contribution in [0.1, 0.15) is 11.3 Å². The van der Waals surface area contributed by atoms with E-state index < -0.39 is 5.56 Å². The van der Waals surface area contributed by atoms with Gasteiger partial charge in [0.05, 0.1) is 16.6 Å². The highest BCUT2D eigenvalue weighted by Gasteiger charge is 2.26. The molecule has 1 aromatic carbocycles. The molecule has 0 unspecified atom stereocenters. The number of para-hydroxylation sites is 1. The lowest BCUT2D eigenvalue weighted by Gasteiger charge is -2.13. The minimum Gasteiger partial charge on any atom is -0.494 e. The Hall–Kier alpha value is -3.74. The number of aromatic hydroxyl groups is 1. The molecule has 3 N–H and O–H groups in total. The predicted octanol–water partition coefficient (Wildman–Crippen LogP) is 0.684. The Bertz CT molecular complexity index is 1140. The van der Waals surface area contributed by atoms with E-state index in [-0.39, 0.29) is 27.9 Å². The lowest BCUT2D eigenvalue weighted by molar-refractivity contribution is 0.449. The molecule has 1 aliphatic rings. The fourth-order valence-electron chi connectivity index (χ4n) is 2.67. The quantitative estimate of drug-likeness (QED) is 0.642. The minimum absolute atomic E-state index is 0.00868. The fraction of sp³-hybridized carbons (Fsp3) is 0. The largest absolute Gasteiger partial charge is 0.494 e. The van der Waals surface area contributed by atoms with E-state index in [1.807, 2.05) is 24.3 Å². The lowest BCUT2D eigenvalue weighted by atomic mass is 10.2. The molecule has 0 radical (unpaired) electrons. The van der Waals surface area contributed by atoms with Crippen molar-refractivity contribution in [3.05, 3.63) is 86.9 Å². The zero-order chi connectivity index (χ0) is 17.4. The molecular weight excluding hydrogens is 318 g/mol. The standard InChI is InChI=1S/C18H13N5O2/c19-16-14-15(22-23(16)12-7-2-1-3-8-12)13(17(24)21-18(14)25)10-11-6-4-5-9-20-11/h1-10,19,25H,(H,21,24)/b13-10+,19-16?. The summed E-state index contributed by atoms with van der Waals surface area (Å²) in [5.41, 5.74) is 0.944. The Morgan fingerprint density at radius 2 is 1.88 bits per heavy atom. The highest BCUT2D eigenvalue weighted by Crippen LogP contribution is 2.21. The first-order valence-corrected chi connectivity index (χ1v) is 7.56. The summed E-state index contributed by atoms with van der Waals surface area (Å²) in [4.78, 5) is 18.9. The van der Waals surface area contributed by atoms with E-state index in [0.29, 0.717) is 11.4 Å². The van der Waals surface area contributed by atoms with Crippen LogP contribution in [0.25, 0.3) is 6.08 Å². The number of aromatic nitrogens is 2. The van der Waals surface area contributed by atoms with Crippen LogP contribution in [-0.4, -0.2) is 20.9 Å². The van der Waals surface area contributed by atoms with Crippen LogP contribution in [0.4, 0.5) is 5.69 Å². The molecule has 122 valence electrons. The van der Waals surface area contributed by atoms with Crippen molar-refractivity contribution in [2.24, 2.45) is 5.10 Å². The number of nitrogens with zero attached hydrogens (tertiary/aromatic N) is 3. The van der Waals surface area contributed by atoms with Gasteiger partial charge in [-0.15, -0.1) is 0 Å². The number of amidine groups is 1. The zero-order valence-electron chi connectivity index (χ0n) is 13.0. The SMILES string of the molecule is N=C1c2c(O)[nH]c(=O)/c(=C/c3ccccn3)c2=NN1c1ccccc1. The van der Waals surface area contributed by atoms with Crippen molar-refractivity contribution in [2.75, 3.05) is 5.01 Å². The Labute approximate surface area is 141 Å². The van der Waals surface area contributed by atoms with Gasteiger partial charge in [-0.2, -0.15) is 5.10 Å². The maximum atomic E-state index is 12.3. The van der Waals surface area contributed by atoms with Crippen LogP contribution < -0.4 is 21.1 Å². The molecule has 4 rings (SSSR count). The summed E-state index contributed by atoms with van der Waals surface area (Å²) in [6.07, 6.45) is 3.21. The molecule has 0 saturated carbocycles. The number of aromatic amines is 1. The molecule has 3 heterocycles. The summed E-state index contributed by atoms with van der Waals surface area (Å²) in [7, 11) is 0. The highest BCUT2D eigenvalue weighted by atomic mass is 16.3. The molecule has 0 atom stereocenters. The number of anilines is 1. The van der Waals surface area contributed by atoms with Gasteiger partial charge < -0.3 is 5.11 Å². The predicted molar refractivity (Wildman–Crippen MR) is 93.1 cm³/mol. The van der Waals surface area contributed by atoms with Gasteiger partial charge in [0.15, 0.2) is 5.84 Å². The number of fused-ring (bicyclic) bond motifs is 1. The zero-order valence-corrected chi connectivity index (χ0v) is 13.0. The van der Waals surface area contributed by atoms with Gasteiger partial charge in [-0.25, -0.2) is 5.01 Å². The topological polar surface area (TPSA) is 105 Å². The molecule has 1 aliphatic heterocycles. The molecule has 0 fully saturated rings. The van der Waals surface area contributed by atoms with Gasteiger partial charge in [-0.1, -0.05) is 24.3 Å². The Morgan fingerprint density at radius 1 is 1.12 bits per heavy atom. The van der Waals surface area contributed by atoms with Crippen molar-refractivity contribution in [1.82, 2.24) is 9.97 Å². The normalized spacial score (nSPS) is 13.7. The first-order chi connectivity index (χ1) is 12.1. The highest BCUT2D eigenvalue weighted by molar-refractivity contribution is 6.10. The van der Waals surface area contributed by atoms with Crippen LogP contribution in [0.5, 0.6) is 5.88 Å². The van der Waals surface area contributed by atoms with E-state index in [1.54, 1.807) is 36.5 Å². The monoisotopic (exact) mass is 331 g/mol. The number of hydrogen-bond donors (Lipinski definition) is 3. The molecule has 25 heavy (non-hydrogen) atoms. The summed E-state index contributed by atoms with van der Waals surface area (Å²) >= 11 is 0. The minimum atomic E-state index is -0.492. The van der Waals surface area contributed by atoms with Crippen molar-refractivity contribution in [1.29, 1.82) is 5.41 Å². The summed E-state index contributed by atoms with van der Waals surface area (Å²) < 4.78 is 0. The van der Waals surface area contributed by atoms with Gasteiger partial charge in [0.25, 0.3) is 5.56 Å². The molecule has 0 spiro atoms. The van der Waals surface area contributed by atoms with E-state index in [2.05, 4.69) is 15.1 Å². The Kier molecular flexibility index (Phi) is 3.39. The average Bonchev–Trinajstić information content (AvgIpc) is 2.98. The first-order valence-electron chi connectivity index (χ1n) is 7.56. The van der Waals surface area contributed by atoms with Crippen molar-refractivity contribution in [3.8, 4) is 5.88 Å². The van der Waals surface area contributed by atoms with Gasteiger partial charge in [0, 0.05) is 6.20 Å². The van der Waals surface area contributed by atoms with Crippen molar-refractivity contribution < 1.29 is 5.11 Å². The average molecular weight is 331 g/mol. The molecule has 7 heteroatoms. The van der Waals surface area contributed by atoms with E-state index in [9.17, 15) is 9.90 Å². The molecule has 0 amide bonds. The van der Waals surface area contributed by atoms with Gasteiger partial charge in [-0.05, 0) is 30.3 Å². The second kappa shape index (κ2) is 5.72. The second-order valence-electron chi connectivity index (χ2n) is 5.43. The maximum absolute atomic E-state index is 12.3. The van der Waals surface area contributed by atoms with Crippen LogP contribution in [-0.2, 0) is 0 Å². The van der Waals surface area contributed by atoms with Crippen LogP contribution in [0, 0.1) is 5.41 Å². The number of pyridine rings is 2. The number of H-pyrrole nitrogens is 1. The van der Waals surface area contributed by atoms with Crippen molar-refractivity contribution >= 4 is 17.6 Å². The smallest absolute Gasteiger partial charge is 0.260 e. The molecule has 0 saturated heterocycles. The number of hydrogen-bond acceptors (Lipinski definition) is 5. The third kappa shape index (κ3) is 2.47. The van der Waals surface area contributed by atoms with Gasteiger partial charge in [-0.3, -0.25) is 20.2 Å². The molecule has 2 aromatic heterocycles. The summed E-state index contributed by atoms with van der Waals surface area (Å²) in [6.45, 7) is 0. The van der Waals surface area contributed by atoms with Crippen molar-refractivity contribution in [2.45, 2.75) is 0 Å². The van der Waals surface area contributed by atoms with Crippen LogP contribution in [0.15, 0.2) is 64.6 Å². The molecular formula is C18H13N5O2. The summed E-state index contributed by atoms with van der Waals surface area (Å²) in [5.74, 6) is -0.379. The van der Waals surface area contributed by atoms with Crippen LogP contribution in [0.2, 0.25) is 0 Å². The van der Waals surface area contributed by atoms with Crippen LogP contribution >= 0.6 is 0 Å². The van der Waals surface area contributed by atoms with E-state index in [4.69, 9.17) is 5.41 Å². The van der Waals surface area contributed by atoms with Gasteiger partial charge in [0.1, 0.15) is 10.9 Å². The van der Waals surface area contributed by atoms with Gasteiger partial charge in [0.2, 0.25) is 5.88 Å². The van der Waals surface area contributed by atoms with E-state index >= 15 is 0 Å². The number of benzene rings is 1. The molecule has 0 bridgehead atoms. The summed E-state index contributed by atoms with van der Waals surface area (Å²) in [5, 5.41) is 24.7. The van der Waals surface area contributed by atoms with E-state index in [0.717, 1.165) is 0 Å². The second-order valence-corrected chi connectivity index (χ2v) is 5.43. The Morgan fingerprint density at radius 3 is 2.60 bits per heavy atom. The molecule has 0 aliphatic carbocycles. The number of rotatable bonds is 2.